The van der Waals surface area contributed by atoms with Gasteiger partial charge >= 0.3 is 6.09 Å². The van der Waals surface area contributed by atoms with Crippen molar-refractivity contribution in [2.45, 2.75) is 37.8 Å². The lowest BCUT2D eigenvalue weighted by Gasteiger charge is -2.37. The first-order valence-corrected chi connectivity index (χ1v) is 11.1. The Morgan fingerprint density at radius 2 is 1.90 bits per heavy atom. The van der Waals surface area contributed by atoms with Crippen molar-refractivity contribution in [3.8, 4) is 0 Å². The van der Waals surface area contributed by atoms with Crippen LogP contribution in [-0.2, 0) is 4.74 Å². The van der Waals surface area contributed by atoms with Crippen molar-refractivity contribution in [3.63, 3.8) is 0 Å². The number of benzene rings is 1. The van der Waals surface area contributed by atoms with Gasteiger partial charge in [-0.25, -0.2) is 4.79 Å². The molecule has 1 aromatic rings. The Kier molecular flexibility index (Phi) is 6.02. The van der Waals surface area contributed by atoms with E-state index in [1.165, 1.54) is 6.42 Å². The minimum Gasteiger partial charge on any atom is -0.441 e. The van der Waals surface area contributed by atoms with Gasteiger partial charge in [-0.2, -0.15) is 0 Å². The maximum Gasteiger partial charge on any atom is 0.410 e. The normalized spacial score (nSPS) is 24.1. The number of hydrogen-bond acceptors (Lipinski definition) is 5. The van der Waals surface area contributed by atoms with Gasteiger partial charge in [0, 0.05) is 57.2 Å². The highest BCUT2D eigenvalue weighted by Crippen LogP contribution is 2.33. The number of carbonyl (C=O) groups excluding carboxylic acids is 2. The van der Waals surface area contributed by atoms with Gasteiger partial charge in [0.15, 0.2) is 0 Å². The van der Waals surface area contributed by atoms with E-state index in [0.717, 1.165) is 30.8 Å². The van der Waals surface area contributed by atoms with E-state index < -0.39 is 5.60 Å². The van der Waals surface area contributed by atoms with Crippen molar-refractivity contribution in [2.75, 3.05) is 59.9 Å². The van der Waals surface area contributed by atoms with Crippen LogP contribution in [0, 0.1) is 6.92 Å². The fourth-order valence-corrected chi connectivity index (χ4v) is 4.92. The molecule has 0 saturated carbocycles. The summed E-state index contributed by atoms with van der Waals surface area (Å²) < 4.78 is 5.86. The van der Waals surface area contributed by atoms with Crippen LogP contribution in [0.3, 0.4) is 0 Å². The number of likely N-dealkylation sites (tertiary alicyclic amines) is 2. The van der Waals surface area contributed by atoms with Gasteiger partial charge in [0.05, 0.1) is 6.54 Å². The number of rotatable bonds is 5. The maximum atomic E-state index is 12.9. The van der Waals surface area contributed by atoms with Gasteiger partial charge in [-0.05, 0) is 45.6 Å². The van der Waals surface area contributed by atoms with Crippen molar-refractivity contribution in [2.24, 2.45) is 0 Å². The Morgan fingerprint density at radius 3 is 2.57 bits per heavy atom. The zero-order valence-electron chi connectivity index (χ0n) is 18.5. The number of carbonyl (C=O) groups is 2. The summed E-state index contributed by atoms with van der Waals surface area (Å²) in [4.78, 5) is 33.9. The molecule has 0 radical (unpaired) electrons. The second-order valence-electron chi connectivity index (χ2n) is 9.29. The smallest absolute Gasteiger partial charge is 0.410 e. The molecule has 3 aliphatic heterocycles. The van der Waals surface area contributed by atoms with Crippen molar-refractivity contribution < 1.29 is 14.3 Å². The van der Waals surface area contributed by atoms with Crippen molar-refractivity contribution in [3.05, 3.63) is 35.4 Å². The summed E-state index contributed by atoms with van der Waals surface area (Å²) in [7, 11) is 4.26. The zero-order chi connectivity index (χ0) is 21.3. The molecule has 1 atom stereocenters. The molecule has 7 heteroatoms. The molecule has 30 heavy (non-hydrogen) atoms. The number of hydrogen-bond donors (Lipinski definition) is 0. The molecule has 3 fully saturated rings. The number of nitrogens with zero attached hydrogens (tertiary/aromatic N) is 4. The summed E-state index contributed by atoms with van der Waals surface area (Å²) in [6, 6.07) is 8.32. The predicted molar refractivity (Wildman–Crippen MR) is 116 cm³/mol. The summed E-state index contributed by atoms with van der Waals surface area (Å²) in [5.41, 5.74) is 1.33. The van der Waals surface area contributed by atoms with Gasteiger partial charge in [0.2, 0.25) is 0 Å². The topological polar surface area (TPSA) is 56.3 Å². The number of likely N-dealkylation sites (N-methyl/N-ethyl adjacent to an activating group) is 1. The molecule has 0 aromatic heterocycles. The first kappa shape index (κ1) is 21.1. The third kappa shape index (κ3) is 4.32. The summed E-state index contributed by atoms with van der Waals surface area (Å²) in [5.74, 6) is 0.0774. The third-order valence-corrected chi connectivity index (χ3v) is 7.04. The molecule has 3 heterocycles. The largest absolute Gasteiger partial charge is 0.441 e. The van der Waals surface area contributed by atoms with Gasteiger partial charge in [0.1, 0.15) is 5.60 Å². The molecule has 0 bridgehead atoms. The van der Waals surface area contributed by atoms with E-state index in [4.69, 9.17) is 4.74 Å². The van der Waals surface area contributed by atoms with E-state index in [2.05, 4.69) is 23.9 Å². The van der Waals surface area contributed by atoms with Crippen LogP contribution in [0.25, 0.3) is 0 Å². The molecule has 164 valence electrons. The lowest BCUT2D eigenvalue weighted by atomic mass is 9.90. The fraction of sp³-hybridized carbons (Fsp3) is 0.652. The molecule has 1 spiro atoms. The maximum absolute atomic E-state index is 12.9. The van der Waals surface area contributed by atoms with Crippen LogP contribution in [0.1, 0.15) is 35.2 Å². The Labute approximate surface area is 179 Å². The average Bonchev–Trinajstić information content (AvgIpc) is 3.32. The summed E-state index contributed by atoms with van der Waals surface area (Å²) >= 11 is 0. The lowest BCUT2D eigenvalue weighted by molar-refractivity contribution is 0.00311. The van der Waals surface area contributed by atoms with Gasteiger partial charge in [-0.3, -0.25) is 9.69 Å². The first-order chi connectivity index (χ1) is 14.4. The molecule has 1 unspecified atom stereocenters. The Bertz CT molecular complexity index is 788. The summed E-state index contributed by atoms with van der Waals surface area (Å²) in [6.45, 7) is 7.64. The average molecular weight is 415 g/mol. The molecule has 4 rings (SSSR count). The fourth-order valence-electron chi connectivity index (χ4n) is 4.92. The number of ether oxygens (including phenoxy) is 1. The predicted octanol–water partition coefficient (Wildman–Crippen LogP) is 2.06. The Hall–Kier alpha value is -2.12. The standard InChI is InChI=1S/C23H34N4O3/c1-18-6-4-5-7-20(18)21(28)26-12-9-23(10-13-26)17-27(22(29)30-23)15-14-25-11-8-19(16-25)24(2)3/h4-7,19H,8-17H2,1-3H3. The van der Waals surface area contributed by atoms with Gasteiger partial charge in [-0.1, -0.05) is 18.2 Å². The second kappa shape index (κ2) is 8.55. The van der Waals surface area contributed by atoms with E-state index in [1.807, 2.05) is 41.0 Å². The minimum absolute atomic E-state index is 0.0774. The molecular weight excluding hydrogens is 380 g/mol. The van der Waals surface area contributed by atoms with Crippen LogP contribution in [-0.4, -0.2) is 103 Å². The quantitative estimate of drug-likeness (QED) is 0.738. The van der Waals surface area contributed by atoms with Crippen LogP contribution in [0.2, 0.25) is 0 Å². The van der Waals surface area contributed by atoms with Gasteiger partial charge in [-0.15, -0.1) is 0 Å². The third-order valence-electron chi connectivity index (χ3n) is 7.04. The Balaban J connectivity index is 1.28. The molecule has 0 N–H and O–H groups in total. The molecule has 2 amide bonds. The molecule has 0 aliphatic carbocycles. The summed E-state index contributed by atoms with van der Waals surface area (Å²) in [6.07, 6.45) is 2.40. The molecule has 3 aliphatic rings. The summed E-state index contributed by atoms with van der Waals surface area (Å²) in [5, 5.41) is 0. The van der Waals surface area contributed by atoms with Gasteiger partial charge < -0.3 is 19.4 Å². The van der Waals surface area contributed by atoms with Gasteiger partial charge in [0.25, 0.3) is 5.91 Å². The first-order valence-electron chi connectivity index (χ1n) is 11.1. The van der Waals surface area contributed by atoms with Crippen LogP contribution in [0.4, 0.5) is 4.79 Å². The van der Waals surface area contributed by atoms with E-state index in [0.29, 0.717) is 45.1 Å². The number of piperidine rings is 1. The van der Waals surface area contributed by atoms with E-state index in [1.54, 1.807) is 0 Å². The highest BCUT2D eigenvalue weighted by atomic mass is 16.6. The van der Waals surface area contributed by atoms with E-state index >= 15 is 0 Å². The zero-order valence-corrected chi connectivity index (χ0v) is 18.5. The monoisotopic (exact) mass is 414 g/mol. The highest BCUT2D eigenvalue weighted by Gasteiger charge is 2.47. The van der Waals surface area contributed by atoms with Crippen LogP contribution in [0.5, 0.6) is 0 Å². The van der Waals surface area contributed by atoms with E-state index in [-0.39, 0.29) is 12.0 Å². The van der Waals surface area contributed by atoms with Crippen molar-refractivity contribution >= 4 is 12.0 Å². The molecule has 1 aromatic carbocycles. The number of amides is 2. The Morgan fingerprint density at radius 1 is 1.17 bits per heavy atom. The van der Waals surface area contributed by atoms with Crippen molar-refractivity contribution in [1.29, 1.82) is 0 Å². The lowest BCUT2D eigenvalue weighted by Crippen LogP contribution is -2.49. The highest BCUT2D eigenvalue weighted by molar-refractivity contribution is 5.95. The minimum atomic E-state index is -0.434. The molecular formula is C23H34N4O3. The van der Waals surface area contributed by atoms with E-state index in [9.17, 15) is 9.59 Å². The van der Waals surface area contributed by atoms with Crippen LogP contribution in [0.15, 0.2) is 24.3 Å². The number of aryl methyl sites for hydroxylation is 1. The SMILES string of the molecule is Cc1ccccc1C(=O)N1CCC2(CC1)CN(CCN1CCC(N(C)C)C1)C(=O)O2. The van der Waals surface area contributed by atoms with Crippen LogP contribution >= 0.6 is 0 Å². The van der Waals surface area contributed by atoms with Crippen LogP contribution < -0.4 is 0 Å². The van der Waals surface area contributed by atoms with Crippen molar-refractivity contribution in [1.82, 2.24) is 19.6 Å². The molecule has 7 nitrogen and oxygen atoms in total. The molecule has 3 saturated heterocycles. The second-order valence-corrected chi connectivity index (χ2v) is 9.29.